The molecule has 1 unspecified atom stereocenters. The number of carbonyl (C=O) groups is 1. The molecule has 1 saturated heterocycles. The van der Waals surface area contributed by atoms with Crippen LogP contribution in [0.4, 0.5) is 0 Å². The van der Waals surface area contributed by atoms with Crippen molar-refractivity contribution in [2.24, 2.45) is 0 Å². The first-order chi connectivity index (χ1) is 6.49. The van der Waals surface area contributed by atoms with Crippen molar-refractivity contribution < 1.29 is 18.3 Å². The molecular weight excluding hydrogens is 226 g/mol. The van der Waals surface area contributed by atoms with Crippen molar-refractivity contribution >= 4 is 27.8 Å². The molecule has 5 nitrogen and oxygen atoms in total. The second kappa shape index (κ2) is 4.33. The quantitative estimate of drug-likeness (QED) is 0.694. The van der Waals surface area contributed by atoms with Gasteiger partial charge in [-0.25, -0.2) is 8.42 Å². The van der Waals surface area contributed by atoms with Gasteiger partial charge in [0.15, 0.2) is 0 Å². The van der Waals surface area contributed by atoms with Gasteiger partial charge in [-0.2, -0.15) is 4.31 Å². The number of aliphatic carboxylic acids is 1. The van der Waals surface area contributed by atoms with Crippen LogP contribution in [0.15, 0.2) is 12.7 Å². The van der Waals surface area contributed by atoms with E-state index in [1.807, 2.05) is 0 Å². The summed E-state index contributed by atoms with van der Waals surface area (Å²) in [6, 6.07) is -0.926. The number of hydrogen-bond acceptors (Lipinski definition) is 4. The van der Waals surface area contributed by atoms with Crippen LogP contribution in [0.2, 0.25) is 0 Å². The van der Waals surface area contributed by atoms with Gasteiger partial charge in [-0.15, -0.1) is 18.3 Å². The molecule has 1 rings (SSSR count). The number of thioether (sulfide) groups is 1. The number of hydrogen-bond donors (Lipinski definition) is 1. The van der Waals surface area contributed by atoms with Crippen LogP contribution in [-0.2, 0) is 14.8 Å². The maximum atomic E-state index is 11.5. The summed E-state index contributed by atoms with van der Waals surface area (Å²) in [7, 11) is -3.49. The van der Waals surface area contributed by atoms with E-state index in [1.165, 1.54) is 17.8 Å². The number of sulfonamides is 1. The van der Waals surface area contributed by atoms with Crippen LogP contribution in [-0.4, -0.2) is 47.2 Å². The molecule has 0 saturated carbocycles. The Morgan fingerprint density at radius 1 is 1.71 bits per heavy atom. The minimum absolute atomic E-state index is 0.211. The summed E-state index contributed by atoms with van der Waals surface area (Å²) in [5.74, 6) is -0.779. The summed E-state index contributed by atoms with van der Waals surface area (Å²) < 4.78 is 24.1. The monoisotopic (exact) mass is 237 g/mol. The van der Waals surface area contributed by atoms with Crippen LogP contribution in [0, 0.1) is 0 Å². The van der Waals surface area contributed by atoms with E-state index in [-0.39, 0.29) is 11.6 Å². The maximum Gasteiger partial charge on any atom is 0.322 e. The molecule has 1 atom stereocenters. The molecule has 0 aromatic carbocycles. The summed E-state index contributed by atoms with van der Waals surface area (Å²) in [5.41, 5.74) is 0. The molecule has 1 aliphatic rings. The van der Waals surface area contributed by atoms with Crippen LogP contribution in [0.3, 0.4) is 0 Å². The lowest BCUT2D eigenvalue weighted by Crippen LogP contribution is -2.42. The molecule has 7 heteroatoms. The van der Waals surface area contributed by atoms with Crippen LogP contribution < -0.4 is 0 Å². The molecular formula is C7H11NO4S2. The van der Waals surface area contributed by atoms with E-state index in [0.29, 0.717) is 5.75 Å². The number of rotatable bonds is 4. The maximum absolute atomic E-state index is 11.5. The minimum Gasteiger partial charge on any atom is -0.480 e. The molecule has 1 heterocycles. The van der Waals surface area contributed by atoms with E-state index in [9.17, 15) is 13.2 Å². The Hall–Kier alpha value is -0.530. The predicted octanol–water partition coefficient (Wildman–Crippen LogP) is -0.0383. The van der Waals surface area contributed by atoms with E-state index in [2.05, 4.69) is 6.58 Å². The zero-order valence-electron chi connectivity index (χ0n) is 7.42. The molecule has 1 fully saturated rings. The Morgan fingerprint density at radius 2 is 2.36 bits per heavy atom. The zero-order chi connectivity index (χ0) is 10.8. The molecule has 1 N–H and O–H groups in total. The second-order valence-corrected chi connectivity index (χ2v) is 5.77. The average Bonchev–Trinajstić information content (AvgIpc) is 2.51. The predicted molar refractivity (Wildman–Crippen MR) is 54.6 cm³/mol. The number of carboxylic acids is 1. The lowest BCUT2D eigenvalue weighted by Gasteiger charge is -2.18. The van der Waals surface area contributed by atoms with Gasteiger partial charge in [-0.3, -0.25) is 4.79 Å². The fourth-order valence-electron chi connectivity index (χ4n) is 1.14. The van der Waals surface area contributed by atoms with Crippen molar-refractivity contribution in [2.75, 3.05) is 17.4 Å². The van der Waals surface area contributed by atoms with E-state index in [1.54, 1.807) is 0 Å². The van der Waals surface area contributed by atoms with Gasteiger partial charge < -0.3 is 5.11 Å². The molecule has 14 heavy (non-hydrogen) atoms. The molecule has 0 spiro atoms. The third-order valence-electron chi connectivity index (χ3n) is 1.81. The molecule has 80 valence electrons. The fourth-order valence-corrected chi connectivity index (χ4v) is 4.15. The summed E-state index contributed by atoms with van der Waals surface area (Å²) in [4.78, 5) is 10.7. The lowest BCUT2D eigenvalue weighted by molar-refractivity contribution is -0.140. The Labute approximate surface area is 86.8 Å². The molecule has 0 aliphatic carbocycles. The molecule has 0 radical (unpaired) electrons. The van der Waals surface area contributed by atoms with Gasteiger partial charge in [0.05, 0.1) is 11.6 Å². The lowest BCUT2D eigenvalue weighted by atomic mass is 10.4. The average molecular weight is 237 g/mol. The Bertz CT molecular complexity index is 338. The first-order valence-corrected chi connectivity index (χ1v) is 6.66. The number of nitrogens with zero attached hydrogens (tertiary/aromatic N) is 1. The Balaban J connectivity index is 2.86. The largest absolute Gasteiger partial charge is 0.480 e. The normalized spacial score (nSPS) is 23.6. The van der Waals surface area contributed by atoms with Crippen molar-refractivity contribution in [3.63, 3.8) is 0 Å². The van der Waals surface area contributed by atoms with Gasteiger partial charge >= 0.3 is 5.97 Å². The Kier molecular flexibility index (Phi) is 3.57. The summed E-state index contributed by atoms with van der Waals surface area (Å²) in [6.07, 6.45) is 1.26. The van der Waals surface area contributed by atoms with Crippen molar-refractivity contribution in [1.82, 2.24) is 4.31 Å². The minimum atomic E-state index is -3.49. The fraction of sp³-hybridized carbons (Fsp3) is 0.571. The molecule has 1 aliphatic heterocycles. The van der Waals surface area contributed by atoms with Crippen molar-refractivity contribution in [2.45, 2.75) is 6.04 Å². The van der Waals surface area contributed by atoms with E-state index in [0.717, 1.165) is 4.31 Å². The summed E-state index contributed by atoms with van der Waals surface area (Å²) >= 11 is 1.30. The van der Waals surface area contributed by atoms with Crippen molar-refractivity contribution in [1.29, 1.82) is 0 Å². The van der Waals surface area contributed by atoms with Gasteiger partial charge in [0, 0.05) is 5.75 Å². The second-order valence-electron chi connectivity index (χ2n) is 2.81. The van der Waals surface area contributed by atoms with Gasteiger partial charge in [-0.05, 0) is 0 Å². The highest BCUT2D eigenvalue weighted by atomic mass is 32.2. The summed E-state index contributed by atoms with van der Waals surface area (Å²) in [5, 5.41) is 8.77. The van der Waals surface area contributed by atoms with Crippen LogP contribution in [0.1, 0.15) is 0 Å². The van der Waals surface area contributed by atoms with Crippen LogP contribution in [0.25, 0.3) is 0 Å². The Morgan fingerprint density at radius 3 is 2.86 bits per heavy atom. The van der Waals surface area contributed by atoms with E-state index in [4.69, 9.17) is 5.11 Å². The first kappa shape index (κ1) is 11.5. The third-order valence-corrected chi connectivity index (χ3v) is 4.74. The highest BCUT2D eigenvalue weighted by Gasteiger charge is 2.38. The van der Waals surface area contributed by atoms with E-state index < -0.39 is 22.0 Å². The van der Waals surface area contributed by atoms with Gasteiger partial charge in [0.25, 0.3) is 0 Å². The SMILES string of the molecule is C=CCS(=O)(=O)N1CSCC1C(=O)O. The van der Waals surface area contributed by atoms with Crippen molar-refractivity contribution in [3.8, 4) is 0 Å². The highest BCUT2D eigenvalue weighted by Crippen LogP contribution is 2.24. The van der Waals surface area contributed by atoms with Crippen LogP contribution in [0.5, 0.6) is 0 Å². The summed E-state index contributed by atoms with van der Waals surface area (Å²) in [6.45, 7) is 3.33. The van der Waals surface area contributed by atoms with E-state index >= 15 is 0 Å². The standard InChI is InChI=1S/C7H11NO4S2/c1-2-3-14(11,12)8-5-13-4-6(8)7(9)10/h2,6H,1,3-5H2,(H,9,10). The van der Waals surface area contributed by atoms with Gasteiger partial charge in [0.2, 0.25) is 10.0 Å². The van der Waals surface area contributed by atoms with Crippen molar-refractivity contribution in [3.05, 3.63) is 12.7 Å². The molecule has 0 bridgehead atoms. The molecule has 0 aromatic heterocycles. The topological polar surface area (TPSA) is 74.7 Å². The highest BCUT2D eigenvalue weighted by molar-refractivity contribution is 8.00. The van der Waals surface area contributed by atoms with Gasteiger partial charge in [-0.1, -0.05) is 6.08 Å². The third kappa shape index (κ3) is 2.28. The van der Waals surface area contributed by atoms with Gasteiger partial charge in [0.1, 0.15) is 6.04 Å². The zero-order valence-corrected chi connectivity index (χ0v) is 9.05. The number of carboxylic acid groups (broad SMARTS) is 1. The molecule has 0 amide bonds. The molecule has 0 aromatic rings. The van der Waals surface area contributed by atoms with Crippen LogP contribution >= 0.6 is 11.8 Å². The smallest absolute Gasteiger partial charge is 0.322 e. The first-order valence-electron chi connectivity index (χ1n) is 3.90.